The van der Waals surface area contributed by atoms with Gasteiger partial charge < -0.3 is 15.4 Å². The highest BCUT2D eigenvalue weighted by Gasteiger charge is 2.19. The van der Waals surface area contributed by atoms with Gasteiger partial charge in [0, 0.05) is 25.9 Å². The van der Waals surface area contributed by atoms with Crippen molar-refractivity contribution in [2.75, 3.05) is 30.8 Å². The van der Waals surface area contributed by atoms with E-state index < -0.39 is 0 Å². The van der Waals surface area contributed by atoms with E-state index in [2.05, 4.69) is 9.88 Å². The average molecular weight is 221 g/mol. The third-order valence-corrected chi connectivity index (χ3v) is 2.91. The van der Waals surface area contributed by atoms with Gasteiger partial charge in [0.15, 0.2) is 5.82 Å². The first-order valence-electron chi connectivity index (χ1n) is 5.72. The molecule has 16 heavy (non-hydrogen) atoms. The van der Waals surface area contributed by atoms with E-state index in [4.69, 9.17) is 10.5 Å². The lowest BCUT2D eigenvalue weighted by Gasteiger charge is -2.23. The number of ether oxygens (including phenoxy) is 1. The van der Waals surface area contributed by atoms with Crippen LogP contribution in [0.1, 0.15) is 18.5 Å². The van der Waals surface area contributed by atoms with Gasteiger partial charge in [0.1, 0.15) is 0 Å². The third-order valence-electron chi connectivity index (χ3n) is 2.91. The van der Waals surface area contributed by atoms with Gasteiger partial charge in [-0.2, -0.15) is 0 Å². The Morgan fingerprint density at radius 3 is 3.06 bits per heavy atom. The molecule has 0 saturated carbocycles. The lowest BCUT2D eigenvalue weighted by molar-refractivity contribution is 0.116. The third kappa shape index (κ3) is 2.44. The Morgan fingerprint density at radius 1 is 1.56 bits per heavy atom. The predicted octanol–water partition coefficient (Wildman–Crippen LogP) is 1.59. The molecule has 0 aliphatic carbocycles. The van der Waals surface area contributed by atoms with Crippen LogP contribution in [0.25, 0.3) is 0 Å². The molecular formula is C12H19N3O. The Labute approximate surface area is 96.4 Å². The van der Waals surface area contributed by atoms with E-state index in [1.165, 1.54) is 0 Å². The zero-order valence-corrected chi connectivity index (χ0v) is 9.94. The average Bonchev–Trinajstić information content (AvgIpc) is 2.74. The fraction of sp³-hybridized carbons (Fsp3) is 0.583. The second kappa shape index (κ2) is 4.70. The molecule has 1 aromatic rings. The van der Waals surface area contributed by atoms with Crippen LogP contribution in [0.4, 0.5) is 11.5 Å². The van der Waals surface area contributed by atoms with E-state index >= 15 is 0 Å². The molecule has 0 spiro atoms. The summed E-state index contributed by atoms with van der Waals surface area (Å²) in [4.78, 5) is 6.54. The van der Waals surface area contributed by atoms with Crippen LogP contribution < -0.4 is 10.6 Å². The first-order valence-corrected chi connectivity index (χ1v) is 5.72. The van der Waals surface area contributed by atoms with Crippen molar-refractivity contribution in [1.82, 2.24) is 4.98 Å². The quantitative estimate of drug-likeness (QED) is 0.842. The van der Waals surface area contributed by atoms with Crippen LogP contribution in [0, 0.1) is 6.92 Å². The SMILES string of the molecule is Cc1ccc(N)c(N(C)CC2CCCO2)n1. The minimum atomic E-state index is 0.326. The maximum atomic E-state index is 5.92. The summed E-state index contributed by atoms with van der Waals surface area (Å²) in [6.07, 6.45) is 2.62. The summed E-state index contributed by atoms with van der Waals surface area (Å²) in [7, 11) is 2.01. The molecule has 0 bridgehead atoms. The Morgan fingerprint density at radius 2 is 2.38 bits per heavy atom. The Hall–Kier alpha value is -1.29. The highest BCUT2D eigenvalue weighted by Crippen LogP contribution is 2.21. The molecule has 4 heteroatoms. The number of anilines is 2. The van der Waals surface area contributed by atoms with E-state index in [0.717, 1.165) is 43.2 Å². The topological polar surface area (TPSA) is 51.4 Å². The van der Waals surface area contributed by atoms with Crippen LogP contribution in [0.2, 0.25) is 0 Å². The highest BCUT2D eigenvalue weighted by atomic mass is 16.5. The molecule has 1 unspecified atom stereocenters. The molecule has 1 aliphatic heterocycles. The molecule has 2 heterocycles. The summed E-state index contributed by atoms with van der Waals surface area (Å²) in [5.74, 6) is 0.857. The van der Waals surface area contributed by atoms with Crippen LogP contribution in [0.15, 0.2) is 12.1 Å². The summed E-state index contributed by atoms with van der Waals surface area (Å²) in [5, 5.41) is 0. The van der Waals surface area contributed by atoms with Crippen molar-refractivity contribution in [2.45, 2.75) is 25.9 Å². The number of rotatable bonds is 3. The lowest BCUT2D eigenvalue weighted by atomic mass is 10.2. The number of nitrogens with two attached hydrogens (primary N) is 1. The largest absolute Gasteiger partial charge is 0.396 e. The zero-order valence-electron chi connectivity index (χ0n) is 9.94. The lowest BCUT2D eigenvalue weighted by Crippen LogP contribution is -2.29. The number of likely N-dealkylation sites (N-methyl/N-ethyl adjacent to an activating group) is 1. The Bertz CT molecular complexity index is 361. The van der Waals surface area contributed by atoms with Crippen molar-refractivity contribution < 1.29 is 4.74 Å². The van der Waals surface area contributed by atoms with Crippen molar-refractivity contribution in [1.29, 1.82) is 0 Å². The van der Waals surface area contributed by atoms with Crippen LogP contribution in [0.3, 0.4) is 0 Å². The van der Waals surface area contributed by atoms with Gasteiger partial charge in [0.05, 0.1) is 11.8 Å². The van der Waals surface area contributed by atoms with Gasteiger partial charge in [-0.15, -0.1) is 0 Å². The smallest absolute Gasteiger partial charge is 0.151 e. The fourth-order valence-electron chi connectivity index (χ4n) is 2.04. The molecule has 88 valence electrons. The molecule has 1 atom stereocenters. The van der Waals surface area contributed by atoms with Gasteiger partial charge in [-0.25, -0.2) is 4.98 Å². The highest BCUT2D eigenvalue weighted by molar-refractivity contribution is 5.62. The molecule has 0 radical (unpaired) electrons. The van der Waals surface area contributed by atoms with Crippen LogP contribution >= 0.6 is 0 Å². The van der Waals surface area contributed by atoms with Gasteiger partial charge in [-0.05, 0) is 31.9 Å². The molecule has 2 N–H and O–H groups in total. The first kappa shape index (κ1) is 11.2. The molecule has 0 amide bonds. The van der Waals surface area contributed by atoms with Gasteiger partial charge >= 0.3 is 0 Å². The second-order valence-electron chi connectivity index (χ2n) is 4.38. The Balaban J connectivity index is 2.07. The molecular weight excluding hydrogens is 202 g/mol. The number of nitrogen functional groups attached to an aromatic ring is 1. The van der Waals surface area contributed by atoms with Gasteiger partial charge in [0.2, 0.25) is 0 Å². The summed E-state index contributed by atoms with van der Waals surface area (Å²) >= 11 is 0. The maximum absolute atomic E-state index is 5.92. The number of pyridine rings is 1. The van der Waals surface area contributed by atoms with Crippen LogP contribution in [-0.4, -0.2) is 31.3 Å². The molecule has 0 aromatic carbocycles. The maximum Gasteiger partial charge on any atom is 0.151 e. The first-order chi connectivity index (χ1) is 7.66. The van der Waals surface area contributed by atoms with Gasteiger partial charge in [-0.3, -0.25) is 0 Å². The Kier molecular flexibility index (Phi) is 3.29. The number of hydrogen-bond acceptors (Lipinski definition) is 4. The summed E-state index contributed by atoms with van der Waals surface area (Å²) in [6.45, 7) is 3.72. The standard InChI is InChI=1S/C12H19N3O/c1-9-5-6-11(13)12(14-9)15(2)8-10-4-3-7-16-10/h5-6,10H,3-4,7-8,13H2,1-2H3. The van der Waals surface area contributed by atoms with E-state index in [9.17, 15) is 0 Å². The minimum Gasteiger partial charge on any atom is -0.396 e. The van der Waals surface area contributed by atoms with E-state index in [1.54, 1.807) is 0 Å². The second-order valence-corrected chi connectivity index (χ2v) is 4.38. The van der Waals surface area contributed by atoms with E-state index in [0.29, 0.717) is 6.10 Å². The van der Waals surface area contributed by atoms with E-state index in [-0.39, 0.29) is 0 Å². The van der Waals surface area contributed by atoms with Crippen molar-refractivity contribution in [3.05, 3.63) is 17.8 Å². The van der Waals surface area contributed by atoms with E-state index in [1.807, 2.05) is 26.1 Å². The van der Waals surface area contributed by atoms with Gasteiger partial charge in [-0.1, -0.05) is 0 Å². The fourth-order valence-corrected chi connectivity index (χ4v) is 2.04. The zero-order chi connectivity index (χ0) is 11.5. The number of nitrogens with zero attached hydrogens (tertiary/aromatic N) is 2. The summed E-state index contributed by atoms with van der Waals surface area (Å²) in [6, 6.07) is 3.84. The van der Waals surface area contributed by atoms with Crippen LogP contribution in [-0.2, 0) is 4.74 Å². The molecule has 2 rings (SSSR count). The molecule has 1 saturated heterocycles. The predicted molar refractivity (Wildman–Crippen MR) is 65.6 cm³/mol. The number of hydrogen-bond donors (Lipinski definition) is 1. The minimum absolute atomic E-state index is 0.326. The molecule has 1 fully saturated rings. The number of aryl methyl sites for hydroxylation is 1. The molecule has 1 aromatic heterocycles. The van der Waals surface area contributed by atoms with Crippen LogP contribution in [0.5, 0.6) is 0 Å². The van der Waals surface area contributed by atoms with Crippen molar-refractivity contribution in [3.8, 4) is 0 Å². The number of aromatic nitrogens is 1. The molecule has 4 nitrogen and oxygen atoms in total. The van der Waals surface area contributed by atoms with Crippen molar-refractivity contribution >= 4 is 11.5 Å². The monoisotopic (exact) mass is 221 g/mol. The molecule has 1 aliphatic rings. The van der Waals surface area contributed by atoms with Gasteiger partial charge in [0.25, 0.3) is 0 Å². The van der Waals surface area contributed by atoms with Crippen molar-refractivity contribution in [2.24, 2.45) is 0 Å². The van der Waals surface area contributed by atoms with Crippen molar-refractivity contribution in [3.63, 3.8) is 0 Å². The summed E-state index contributed by atoms with van der Waals surface area (Å²) in [5.41, 5.74) is 7.64. The summed E-state index contributed by atoms with van der Waals surface area (Å²) < 4.78 is 5.60. The normalized spacial score (nSPS) is 20.0.